The maximum Gasteiger partial charge on any atom is 0.237 e. The number of oxazole rings is 1. The standard InChI is InChI=1S/C15H19N3O2S/c1-9-4-7-21-13(9)15-17-12(11(3)20-15)8-18-6-5-16-14(19)10(18)2/h4,7,10H,5-6,8H2,1-3H3,(H,16,19). The lowest BCUT2D eigenvalue weighted by atomic mass is 10.2. The Morgan fingerprint density at radius 1 is 1.52 bits per heavy atom. The van der Waals surface area contributed by atoms with Crippen LogP contribution in [-0.2, 0) is 11.3 Å². The summed E-state index contributed by atoms with van der Waals surface area (Å²) in [5.41, 5.74) is 2.10. The highest BCUT2D eigenvalue weighted by Gasteiger charge is 2.27. The molecule has 1 unspecified atom stereocenters. The van der Waals surface area contributed by atoms with E-state index in [-0.39, 0.29) is 11.9 Å². The Labute approximate surface area is 128 Å². The molecule has 2 aromatic heterocycles. The van der Waals surface area contributed by atoms with E-state index >= 15 is 0 Å². The van der Waals surface area contributed by atoms with Gasteiger partial charge in [-0.2, -0.15) is 0 Å². The number of aromatic nitrogens is 1. The molecule has 0 saturated carbocycles. The molecule has 3 heterocycles. The second kappa shape index (κ2) is 5.61. The minimum atomic E-state index is -0.123. The van der Waals surface area contributed by atoms with E-state index in [0.29, 0.717) is 19.0 Å². The number of nitrogens with one attached hydrogen (secondary N) is 1. The lowest BCUT2D eigenvalue weighted by molar-refractivity contribution is -0.128. The smallest absolute Gasteiger partial charge is 0.237 e. The molecule has 3 rings (SSSR count). The van der Waals surface area contributed by atoms with Crippen LogP contribution in [0.5, 0.6) is 0 Å². The van der Waals surface area contributed by atoms with E-state index in [1.807, 2.05) is 19.2 Å². The Morgan fingerprint density at radius 2 is 2.33 bits per heavy atom. The molecule has 21 heavy (non-hydrogen) atoms. The molecule has 6 heteroatoms. The SMILES string of the molecule is Cc1ccsc1-c1nc(CN2CCNC(=O)C2C)c(C)o1. The van der Waals surface area contributed by atoms with Crippen LogP contribution in [0.1, 0.15) is 23.9 Å². The van der Waals surface area contributed by atoms with Gasteiger partial charge in [-0.3, -0.25) is 9.69 Å². The first-order valence-corrected chi connectivity index (χ1v) is 7.96. The lowest BCUT2D eigenvalue weighted by Crippen LogP contribution is -2.53. The van der Waals surface area contributed by atoms with E-state index in [1.54, 1.807) is 11.3 Å². The molecule has 0 aliphatic carbocycles. The molecule has 5 nitrogen and oxygen atoms in total. The Morgan fingerprint density at radius 3 is 3.05 bits per heavy atom. The van der Waals surface area contributed by atoms with Gasteiger partial charge in [-0.05, 0) is 37.8 Å². The van der Waals surface area contributed by atoms with Crippen LogP contribution in [0.2, 0.25) is 0 Å². The van der Waals surface area contributed by atoms with Gasteiger partial charge in [0.15, 0.2) is 0 Å². The van der Waals surface area contributed by atoms with Gasteiger partial charge in [0.25, 0.3) is 0 Å². The predicted octanol–water partition coefficient (Wildman–Crippen LogP) is 2.34. The van der Waals surface area contributed by atoms with Gasteiger partial charge in [-0.25, -0.2) is 4.98 Å². The summed E-state index contributed by atoms with van der Waals surface area (Å²) in [6.07, 6.45) is 0. The van der Waals surface area contributed by atoms with Gasteiger partial charge < -0.3 is 9.73 Å². The van der Waals surface area contributed by atoms with E-state index in [9.17, 15) is 4.79 Å². The third-order valence-electron chi connectivity index (χ3n) is 3.93. The van der Waals surface area contributed by atoms with Crippen molar-refractivity contribution < 1.29 is 9.21 Å². The number of thiophene rings is 1. The van der Waals surface area contributed by atoms with Crippen molar-refractivity contribution in [3.63, 3.8) is 0 Å². The van der Waals surface area contributed by atoms with Crippen LogP contribution in [0.15, 0.2) is 15.9 Å². The highest BCUT2D eigenvalue weighted by atomic mass is 32.1. The van der Waals surface area contributed by atoms with E-state index < -0.39 is 0 Å². The van der Waals surface area contributed by atoms with Crippen LogP contribution in [-0.4, -0.2) is 34.9 Å². The second-order valence-corrected chi connectivity index (χ2v) is 6.31. The number of aryl methyl sites for hydroxylation is 2. The highest BCUT2D eigenvalue weighted by molar-refractivity contribution is 7.13. The normalized spacial score (nSPS) is 19.8. The zero-order valence-corrected chi connectivity index (χ0v) is 13.3. The van der Waals surface area contributed by atoms with E-state index in [1.165, 1.54) is 5.56 Å². The van der Waals surface area contributed by atoms with Crippen LogP contribution < -0.4 is 5.32 Å². The topological polar surface area (TPSA) is 58.4 Å². The van der Waals surface area contributed by atoms with E-state index in [4.69, 9.17) is 4.42 Å². The predicted molar refractivity (Wildman–Crippen MR) is 82.2 cm³/mol. The fourth-order valence-corrected chi connectivity index (χ4v) is 3.35. The highest BCUT2D eigenvalue weighted by Crippen LogP contribution is 2.30. The third kappa shape index (κ3) is 2.73. The number of carbonyl (C=O) groups excluding carboxylic acids is 1. The van der Waals surface area contributed by atoms with Crippen molar-refractivity contribution in [3.05, 3.63) is 28.5 Å². The largest absolute Gasteiger partial charge is 0.440 e. The van der Waals surface area contributed by atoms with Gasteiger partial charge in [0.05, 0.1) is 16.6 Å². The fourth-order valence-electron chi connectivity index (χ4n) is 2.50. The Balaban J connectivity index is 1.82. The molecule has 0 aromatic carbocycles. The summed E-state index contributed by atoms with van der Waals surface area (Å²) in [7, 11) is 0. The average molecular weight is 305 g/mol. The molecule has 0 bridgehead atoms. The molecule has 1 N–H and O–H groups in total. The van der Waals surface area contributed by atoms with Crippen LogP contribution >= 0.6 is 11.3 Å². The first-order chi connectivity index (χ1) is 10.1. The van der Waals surface area contributed by atoms with Gasteiger partial charge in [0.2, 0.25) is 11.8 Å². The minimum Gasteiger partial charge on any atom is -0.440 e. The number of nitrogens with zero attached hydrogens (tertiary/aromatic N) is 2. The quantitative estimate of drug-likeness (QED) is 0.945. The van der Waals surface area contributed by atoms with Crippen molar-refractivity contribution in [3.8, 4) is 10.8 Å². The van der Waals surface area contributed by atoms with E-state index in [0.717, 1.165) is 22.9 Å². The molecule has 1 aliphatic heterocycles. The van der Waals surface area contributed by atoms with Crippen LogP contribution in [0.3, 0.4) is 0 Å². The second-order valence-electron chi connectivity index (χ2n) is 5.39. The number of amides is 1. The summed E-state index contributed by atoms with van der Waals surface area (Å²) in [6.45, 7) is 8.09. The van der Waals surface area contributed by atoms with Crippen molar-refractivity contribution in [1.82, 2.24) is 15.2 Å². The molecule has 2 aromatic rings. The zero-order chi connectivity index (χ0) is 15.0. The molecule has 0 spiro atoms. The first kappa shape index (κ1) is 14.3. The maximum atomic E-state index is 11.7. The number of hydrogen-bond donors (Lipinski definition) is 1. The monoisotopic (exact) mass is 305 g/mol. The molecule has 1 amide bonds. The summed E-state index contributed by atoms with van der Waals surface area (Å²) in [5.74, 6) is 1.59. The molecule has 1 saturated heterocycles. The fraction of sp³-hybridized carbons (Fsp3) is 0.467. The first-order valence-electron chi connectivity index (χ1n) is 7.09. The van der Waals surface area contributed by atoms with E-state index in [2.05, 4.69) is 28.2 Å². The lowest BCUT2D eigenvalue weighted by Gasteiger charge is -2.32. The Kier molecular flexibility index (Phi) is 3.82. The Bertz CT molecular complexity index is 662. The summed E-state index contributed by atoms with van der Waals surface area (Å²) in [5, 5.41) is 4.92. The van der Waals surface area contributed by atoms with Gasteiger partial charge >= 0.3 is 0 Å². The third-order valence-corrected chi connectivity index (χ3v) is 4.93. The number of carbonyl (C=O) groups is 1. The summed E-state index contributed by atoms with van der Waals surface area (Å²) >= 11 is 1.64. The van der Waals surface area contributed by atoms with Gasteiger partial charge in [0.1, 0.15) is 5.76 Å². The number of rotatable bonds is 3. The zero-order valence-electron chi connectivity index (χ0n) is 12.5. The molecule has 1 fully saturated rings. The molecule has 1 atom stereocenters. The van der Waals surface area contributed by atoms with Crippen LogP contribution in [0, 0.1) is 13.8 Å². The van der Waals surface area contributed by atoms with Gasteiger partial charge in [0, 0.05) is 19.6 Å². The molecular formula is C15H19N3O2S. The molecule has 112 valence electrons. The Hall–Kier alpha value is -1.66. The number of hydrogen-bond acceptors (Lipinski definition) is 5. The molecule has 1 aliphatic rings. The van der Waals surface area contributed by atoms with Crippen molar-refractivity contribution in [2.24, 2.45) is 0 Å². The number of piperazine rings is 1. The van der Waals surface area contributed by atoms with Crippen LogP contribution in [0.4, 0.5) is 0 Å². The summed E-state index contributed by atoms with van der Waals surface area (Å²) in [6, 6.07) is 1.94. The summed E-state index contributed by atoms with van der Waals surface area (Å²) < 4.78 is 5.82. The van der Waals surface area contributed by atoms with Crippen molar-refractivity contribution >= 4 is 17.2 Å². The van der Waals surface area contributed by atoms with Gasteiger partial charge in [-0.1, -0.05) is 0 Å². The van der Waals surface area contributed by atoms with Crippen molar-refractivity contribution in [1.29, 1.82) is 0 Å². The molecule has 0 radical (unpaired) electrons. The van der Waals surface area contributed by atoms with Gasteiger partial charge in [-0.15, -0.1) is 11.3 Å². The van der Waals surface area contributed by atoms with Crippen molar-refractivity contribution in [2.75, 3.05) is 13.1 Å². The minimum absolute atomic E-state index is 0.0803. The average Bonchev–Trinajstić information content (AvgIpc) is 3.02. The molecular weight excluding hydrogens is 286 g/mol. The summed E-state index contributed by atoms with van der Waals surface area (Å²) in [4.78, 5) is 19.6. The van der Waals surface area contributed by atoms with Crippen molar-refractivity contribution in [2.45, 2.75) is 33.4 Å². The maximum absolute atomic E-state index is 11.7. The van der Waals surface area contributed by atoms with Crippen LogP contribution in [0.25, 0.3) is 10.8 Å².